The van der Waals surface area contributed by atoms with Gasteiger partial charge in [-0.2, -0.15) is 0 Å². The van der Waals surface area contributed by atoms with Crippen molar-refractivity contribution in [2.45, 2.75) is 102 Å². The Morgan fingerprint density at radius 2 is 1.05 bits per heavy atom. The Morgan fingerprint density at radius 1 is 0.659 bits per heavy atom. The average Bonchev–Trinajstić information content (AvgIpc) is 3.68. The summed E-state index contributed by atoms with van der Waals surface area (Å²) in [7, 11) is 0. The fourth-order valence-corrected chi connectivity index (χ4v) is 2.74. The van der Waals surface area contributed by atoms with Crippen LogP contribution in [0.25, 0.3) is 0 Å². The van der Waals surface area contributed by atoms with Gasteiger partial charge in [-0.25, -0.2) is 0 Å². The Bertz CT molecular complexity index is 1050. The molecule has 1 aromatic carbocycles. The lowest BCUT2D eigenvalue weighted by Crippen LogP contribution is -2.39. The molecule has 3 amide bonds. The highest BCUT2D eigenvalue weighted by molar-refractivity contribution is 6.38. The fourth-order valence-electron chi connectivity index (χ4n) is 2.74. The van der Waals surface area contributed by atoms with Crippen LogP contribution in [-0.4, -0.2) is 47.7 Å². The predicted octanol–water partition coefficient (Wildman–Crippen LogP) is 4.17. The number of hydrogen-bond acceptors (Lipinski definition) is 6. The maximum absolute atomic E-state index is 11.6. The molecular weight excluding hydrogens is 522 g/mol. The Kier molecular flexibility index (Phi) is 14.8. The van der Waals surface area contributed by atoms with E-state index in [1.807, 2.05) is 44.2 Å². The minimum absolute atomic E-state index is 0.267. The minimum atomic E-state index is -0.624. The van der Waals surface area contributed by atoms with E-state index in [0.29, 0.717) is 19.0 Å². The molecule has 1 aliphatic rings. The molecule has 2 rings (SSSR count). The molecule has 0 aromatic heterocycles. The Hall–Kier alpha value is -3.36. The van der Waals surface area contributed by atoms with Gasteiger partial charge in [0.15, 0.2) is 0 Å². The van der Waals surface area contributed by atoms with Gasteiger partial charge >= 0.3 is 0 Å². The third-order valence-corrected chi connectivity index (χ3v) is 5.54. The summed E-state index contributed by atoms with van der Waals surface area (Å²) < 4.78 is 0. The molecule has 230 valence electrons. The molecule has 0 saturated heterocycles. The highest BCUT2D eigenvalue weighted by Gasteiger charge is 2.32. The zero-order valence-electron chi connectivity index (χ0n) is 26.8. The molecule has 1 aliphatic carbocycles. The van der Waals surface area contributed by atoms with Crippen LogP contribution < -0.4 is 16.0 Å². The van der Waals surface area contributed by atoms with Gasteiger partial charge in [0, 0.05) is 35.4 Å². The molecular formula is C32H51N3O6. The molecule has 9 heteroatoms. The van der Waals surface area contributed by atoms with Crippen LogP contribution in [0.3, 0.4) is 0 Å². The van der Waals surface area contributed by atoms with Crippen LogP contribution >= 0.6 is 0 Å². The number of ketones is 3. The van der Waals surface area contributed by atoms with Gasteiger partial charge < -0.3 is 16.0 Å². The summed E-state index contributed by atoms with van der Waals surface area (Å²) in [6, 6.07) is 9.78. The van der Waals surface area contributed by atoms with Gasteiger partial charge in [-0.1, -0.05) is 106 Å². The molecule has 0 unspecified atom stereocenters. The summed E-state index contributed by atoms with van der Waals surface area (Å²) in [6.45, 7) is 20.6. The topological polar surface area (TPSA) is 139 Å². The van der Waals surface area contributed by atoms with E-state index < -0.39 is 34.0 Å². The van der Waals surface area contributed by atoms with Crippen molar-refractivity contribution in [1.82, 2.24) is 16.0 Å². The Morgan fingerprint density at radius 3 is 1.41 bits per heavy atom. The molecule has 0 heterocycles. The van der Waals surface area contributed by atoms with Crippen molar-refractivity contribution < 1.29 is 28.8 Å². The monoisotopic (exact) mass is 573 g/mol. The zero-order chi connectivity index (χ0) is 32.2. The highest BCUT2D eigenvalue weighted by Crippen LogP contribution is 2.20. The van der Waals surface area contributed by atoms with Crippen LogP contribution in [0.1, 0.15) is 94.6 Å². The molecule has 0 bridgehead atoms. The molecule has 0 spiro atoms. The van der Waals surface area contributed by atoms with Gasteiger partial charge in [-0.05, 0) is 24.3 Å². The molecule has 9 nitrogen and oxygen atoms in total. The first-order valence-corrected chi connectivity index (χ1v) is 14.1. The molecule has 3 N–H and O–H groups in total. The second-order valence-corrected chi connectivity index (χ2v) is 13.8. The van der Waals surface area contributed by atoms with E-state index in [4.69, 9.17) is 0 Å². The summed E-state index contributed by atoms with van der Waals surface area (Å²) in [5.41, 5.74) is -0.779. The van der Waals surface area contributed by atoms with Crippen LogP contribution in [0.4, 0.5) is 0 Å². The van der Waals surface area contributed by atoms with Gasteiger partial charge in [-0.3, -0.25) is 28.8 Å². The van der Waals surface area contributed by atoms with E-state index in [9.17, 15) is 28.8 Å². The number of nitrogens with one attached hydrogen (secondary N) is 3. The lowest BCUT2D eigenvalue weighted by Gasteiger charge is -2.16. The predicted molar refractivity (Wildman–Crippen MR) is 161 cm³/mol. The van der Waals surface area contributed by atoms with Crippen molar-refractivity contribution in [1.29, 1.82) is 0 Å². The molecule has 1 aromatic rings. The quantitative estimate of drug-likeness (QED) is 0.399. The van der Waals surface area contributed by atoms with Crippen molar-refractivity contribution in [3.8, 4) is 0 Å². The first-order valence-electron chi connectivity index (χ1n) is 14.1. The summed E-state index contributed by atoms with van der Waals surface area (Å²) in [5.74, 6) is -2.11. The molecule has 0 aliphatic heterocycles. The number of benzene rings is 1. The van der Waals surface area contributed by atoms with Crippen molar-refractivity contribution >= 4 is 35.1 Å². The second-order valence-electron chi connectivity index (χ2n) is 13.8. The van der Waals surface area contributed by atoms with E-state index in [0.717, 1.165) is 18.4 Å². The number of rotatable bonds is 8. The number of hydrogen-bond donors (Lipinski definition) is 3. The lowest BCUT2D eigenvalue weighted by molar-refractivity contribution is -0.142. The summed E-state index contributed by atoms with van der Waals surface area (Å²) in [4.78, 5) is 68.2. The summed E-state index contributed by atoms with van der Waals surface area (Å²) >= 11 is 0. The summed E-state index contributed by atoms with van der Waals surface area (Å²) in [6.07, 6.45) is 2.03. The minimum Gasteiger partial charge on any atom is -0.349 e. The van der Waals surface area contributed by atoms with Crippen LogP contribution in [0.15, 0.2) is 30.3 Å². The van der Waals surface area contributed by atoms with E-state index in [1.165, 1.54) is 0 Å². The third-order valence-electron chi connectivity index (χ3n) is 5.54. The van der Waals surface area contributed by atoms with Gasteiger partial charge in [0.05, 0.1) is 0 Å². The maximum atomic E-state index is 11.6. The average molecular weight is 574 g/mol. The SMILES string of the molecule is CC(C)(C)C(=O)C(=O)NC1CC1.CC(C)(C)C(=O)C(=O)NCc1ccccc1.CC(C)CNC(=O)C(=O)C(C)(C)C. The van der Waals surface area contributed by atoms with Crippen LogP contribution in [0.5, 0.6) is 0 Å². The molecule has 41 heavy (non-hydrogen) atoms. The first-order chi connectivity index (χ1) is 18.6. The van der Waals surface area contributed by atoms with Crippen molar-refractivity contribution in [3.63, 3.8) is 0 Å². The van der Waals surface area contributed by atoms with E-state index in [2.05, 4.69) is 16.0 Å². The maximum Gasteiger partial charge on any atom is 0.288 e. The largest absolute Gasteiger partial charge is 0.349 e. The van der Waals surface area contributed by atoms with Gasteiger partial charge in [0.25, 0.3) is 17.7 Å². The van der Waals surface area contributed by atoms with Gasteiger partial charge in [0.2, 0.25) is 17.3 Å². The van der Waals surface area contributed by atoms with Gasteiger partial charge in [-0.15, -0.1) is 0 Å². The second kappa shape index (κ2) is 16.2. The molecule has 0 radical (unpaired) electrons. The number of carbonyl (C=O) groups excluding carboxylic acids is 6. The lowest BCUT2D eigenvalue weighted by atomic mass is 9.90. The van der Waals surface area contributed by atoms with Crippen molar-refractivity contribution in [2.75, 3.05) is 6.54 Å². The number of carbonyl (C=O) groups is 6. The smallest absolute Gasteiger partial charge is 0.288 e. The van der Waals surface area contributed by atoms with Crippen molar-refractivity contribution in [2.24, 2.45) is 22.2 Å². The third kappa shape index (κ3) is 16.5. The van der Waals surface area contributed by atoms with E-state index >= 15 is 0 Å². The molecule has 0 atom stereocenters. The number of amides is 3. The molecule has 1 saturated carbocycles. The Balaban J connectivity index is 0.000000593. The van der Waals surface area contributed by atoms with E-state index in [1.54, 1.807) is 62.3 Å². The first kappa shape index (κ1) is 37.6. The number of Topliss-reactive ketones (excluding diaryl/α,β-unsaturated/α-hetero) is 3. The van der Waals surface area contributed by atoms with E-state index in [-0.39, 0.29) is 23.4 Å². The van der Waals surface area contributed by atoms with Crippen molar-refractivity contribution in [3.05, 3.63) is 35.9 Å². The van der Waals surface area contributed by atoms with Crippen LogP contribution in [0.2, 0.25) is 0 Å². The standard InChI is InChI=1S/C13H17NO2.C10H19NO2.C9H15NO2/c1-13(2,3)11(15)12(16)14-9-10-7-5-4-6-8-10;1-7(2)6-11-9(13)8(12)10(3,4)5;1-9(2,3)7(11)8(12)10-6-4-5-6/h4-8H,9H2,1-3H3,(H,14,16);7H,6H2,1-5H3,(H,11,13);6H,4-5H2,1-3H3,(H,10,12). The van der Waals surface area contributed by atoms with Crippen LogP contribution in [-0.2, 0) is 35.3 Å². The van der Waals surface area contributed by atoms with Crippen LogP contribution in [0, 0.1) is 22.2 Å². The Labute approximate surface area is 246 Å². The van der Waals surface area contributed by atoms with Gasteiger partial charge in [0.1, 0.15) is 0 Å². The molecule has 1 fully saturated rings. The highest BCUT2D eigenvalue weighted by atomic mass is 16.2. The summed E-state index contributed by atoms with van der Waals surface area (Å²) in [5, 5.41) is 7.89. The zero-order valence-corrected chi connectivity index (χ0v) is 26.8. The fraction of sp³-hybridized carbons (Fsp3) is 0.625. The normalized spacial score (nSPS) is 13.0.